The second kappa shape index (κ2) is 9.27. The average molecular weight is 440 g/mol. The summed E-state index contributed by atoms with van der Waals surface area (Å²) in [6, 6.07) is 5.92. The van der Waals surface area contributed by atoms with Crippen molar-refractivity contribution < 1.29 is 19.1 Å². The molecule has 7 heteroatoms. The Bertz CT molecular complexity index is 1030. The molecule has 0 bridgehead atoms. The van der Waals surface area contributed by atoms with Crippen LogP contribution in [0, 0.1) is 26.7 Å². The number of carbonyl (C=O) groups is 2. The van der Waals surface area contributed by atoms with Gasteiger partial charge in [-0.2, -0.15) is 0 Å². The van der Waals surface area contributed by atoms with Gasteiger partial charge < -0.3 is 14.4 Å². The summed E-state index contributed by atoms with van der Waals surface area (Å²) in [6.45, 7) is 12.3. The molecule has 2 aromatic rings. The third-order valence-electron chi connectivity index (χ3n) is 5.81. The fraction of sp³-hybridized carbons (Fsp3) is 0.520. The first-order valence-electron chi connectivity index (χ1n) is 11.0. The summed E-state index contributed by atoms with van der Waals surface area (Å²) < 4.78 is 11.0. The van der Waals surface area contributed by atoms with Gasteiger partial charge in [-0.3, -0.25) is 4.79 Å². The van der Waals surface area contributed by atoms with Crippen molar-refractivity contribution in [2.45, 2.75) is 60.0 Å². The quantitative estimate of drug-likeness (QED) is 0.630. The number of aryl methyl sites for hydroxylation is 1. The average Bonchev–Trinajstić information content (AvgIpc) is 2.74. The van der Waals surface area contributed by atoms with E-state index in [2.05, 4.69) is 10.2 Å². The molecule has 7 nitrogen and oxygen atoms in total. The number of amides is 1. The number of methoxy groups -OCH3 is 1. The Morgan fingerprint density at radius 2 is 1.81 bits per heavy atom. The number of rotatable bonds is 4. The first-order chi connectivity index (χ1) is 15.0. The molecule has 1 aliphatic rings. The number of Topliss-reactive ketones (excluding diaryl/α,β-unsaturated/α-hetero) is 1. The van der Waals surface area contributed by atoms with Crippen molar-refractivity contribution in [2.75, 3.05) is 20.2 Å². The minimum absolute atomic E-state index is 0.0752. The molecule has 0 N–H and O–H groups in total. The van der Waals surface area contributed by atoms with E-state index in [9.17, 15) is 9.59 Å². The van der Waals surface area contributed by atoms with Crippen molar-refractivity contribution in [3.05, 3.63) is 40.6 Å². The molecule has 1 aliphatic heterocycles. The van der Waals surface area contributed by atoms with E-state index in [1.54, 1.807) is 12.0 Å². The van der Waals surface area contributed by atoms with Gasteiger partial charge in [-0.15, -0.1) is 10.2 Å². The van der Waals surface area contributed by atoms with Gasteiger partial charge in [-0.05, 0) is 83.2 Å². The van der Waals surface area contributed by atoms with E-state index in [1.807, 2.05) is 59.7 Å². The Labute approximate surface area is 190 Å². The third-order valence-corrected chi connectivity index (χ3v) is 5.81. The fourth-order valence-corrected chi connectivity index (χ4v) is 3.97. The highest BCUT2D eigenvalue weighted by molar-refractivity contribution is 5.98. The number of aromatic nitrogens is 2. The predicted molar refractivity (Wildman–Crippen MR) is 123 cm³/mol. The summed E-state index contributed by atoms with van der Waals surface area (Å²) in [7, 11) is 1.63. The van der Waals surface area contributed by atoms with E-state index in [0.717, 1.165) is 34.4 Å². The minimum atomic E-state index is -0.569. The van der Waals surface area contributed by atoms with Gasteiger partial charge in [0.25, 0.3) is 0 Å². The molecule has 0 saturated carbocycles. The van der Waals surface area contributed by atoms with Crippen LogP contribution in [0.15, 0.2) is 18.2 Å². The Balaban J connectivity index is 1.85. The molecule has 0 aliphatic carbocycles. The lowest BCUT2D eigenvalue weighted by Gasteiger charge is -2.33. The standard InChI is InChI=1S/C25H33N3O4/c1-15-10-11-19(20(13-15)31-7)21-16(2)17(3)22(27-26-21)23(29)18-9-8-12-28(14-18)24(30)32-25(4,5)6/h10-11,13,18H,8-9,12,14H2,1-7H3. The van der Waals surface area contributed by atoms with Crippen molar-refractivity contribution in [3.63, 3.8) is 0 Å². The monoisotopic (exact) mass is 439 g/mol. The fourth-order valence-electron chi connectivity index (χ4n) is 3.97. The largest absolute Gasteiger partial charge is 0.496 e. The van der Waals surface area contributed by atoms with E-state index in [4.69, 9.17) is 9.47 Å². The summed E-state index contributed by atoms with van der Waals surface area (Å²) in [5.74, 6) is 0.332. The second-order valence-corrected chi connectivity index (χ2v) is 9.48. The number of hydrogen-bond acceptors (Lipinski definition) is 6. The normalized spacial score (nSPS) is 16.6. The van der Waals surface area contributed by atoms with Crippen molar-refractivity contribution in [1.29, 1.82) is 0 Å². The van der Waals surface area contributed by atoms with Crippen LogP contribution in [0.25, 0.3) is 11.3 Å². The second-order valence-electron chi connectivity index (χ2n) is 9.48. The molecule has 0 spiro atoms. The number of carbonyl (C=O) groups excluding carboxylic acids is 2. The van der Waals surface area contributed by atoms with Gasteiger partial charge in [0.1, 0.15) is 17.0 Å². The number of benzene rings is 1. The van der Waals surface area contributed by atoms with E-state index < -0.39 is 5.60 Å². The molecule has 1 amide bonds. The number of piperidine rings is 1. The van der Waals surface area contributed by atoms with Crippen molar-refractivity contribution in [3.8, 4) is 17.0 Å². The summed E-state index contributed by atoms with van der Waals surface area (Å²) in [6.07, 6.45) is 1.08. The van der Waals surface area contributed by atoms with Crippen LogP contribution in [0.5, 0.6) is 5.75 Å². The molecule has 1 saturated heterocycles. The highest BCUT2D eigenvalue weighted by atomic mass is 16.6. The van der Waals surface area contributed by atoms with Crippen LogP contribution in [0.3, 0.4) is 0 Å². The van der Waals surface area contributed by atoms with Gasteiger partial charge in [0.2, 0.25) is 0 Å². The van der Waals surface area contributed by atoms with Crippen molar-refractivity contribution >= 4 is 11.9 Å². The zero-order valence-corrected chi connectivity index (χ0v) is 20.1. The van der Waals surface area contributed by atoms with Crippen LogP contribution in [-0.4, -0.2) is 52.8 Å². The third kappa shape index (κ3) is 5.09. The van der Waals surface area contributed by atoms with Gasteiger partial charge in [-0.1, -0.05) is 6.07 Å². The van der Waals surface area contributed by atoms with Crippen LogP contribution < -0.4 is 4.74 Å². The molecule has 32 heavy (non-hydrogen) atoms. The Kier molecular flexibility index (Phi) is 6.86. The molecule has 1 aromatic heterocycles. The zero-order chi connectivity index (χ0) is 23.6. The number of likely N-dealkylation sites (tertiary alicyclic amines) is 1. The lowest BCUT2D eigenvalue weighted by molar-refractivity contribution is 0.0171. The van der Waals surface area contributed by atoms with E-state index >= 15 is 0 Å². The summed E-state index contributed by atoms with van der Waals surface area (Å²) in [4.78, 5) is 27.4. The molecule has 172 valence electrons. The van der Waals surface area contributed by atoms with Crippen molar-refractivity contribution in [2.24, 2.45) is 5.92 Å². The molecule has 1 fully saturated rings. The molecule has 2 heterocycles. The van der Waals surface area contributed by atoms with Crippen LogP contribution in [-0.2, 0) is 4.74 Å². The number of ether oxygens (including phenoxy) is 2. The molecular weight excluding hydrogens is 406 g/mol. The summed E-state index contributed by atoms with van der Waals surface area (Å²) in [5.41, 5.74) is 4.14. The van der Waals surface area contributed by atoms with E-state index in [-0.39, 0.29) is 17.8 Å². The highest BCUT2D eigenvalue weighted by Gasteiger charge is 2.33. The lowest BCUT2D eigenvalue weighted by Crippen LogP contribution is -2.44. The maximum absolute atomic E-state index is 13.3. The van der Waals surface area contributed by atoms with E-state index in [1.165, 1.54) is 0 Å². The highest BCUT2D eigenvalue weighted by Crippen LogP contribution is 2.33. The molecule has 0 radical (unpaired) electrons. The van der Waals surface area contributed by atoms with Crippen molar-refractivity contribution in [1.82, 2.24) is 15.1 Å². The Morgan fingerprint density at radius 1 is 1.09 bits per heavy atom. The summed E-state index contributed by atoms with van der Waals surface area (Å²) >= 11 is 0. The van der Waals surface area contributed by atoms with Gasteiger partial charge in [0.15, 0.2) is 5.78 Å². The zero-order valence-electron chi connectivity index (χ0n) is 20.1. The first-order valence-corrected chi connectivity index (χ1v) is 11.0. The topological polar surface area (TPSA) is 81.6 Å². The van der Waals surface area contributed by atoms with Gasteiger partial charge >= 0.3 is 6.09 Å². The molecule has 1 aromatic carbocycles. The lowest BCUT2D eigenvalue weighted by atomic mass is 9.89. The molecule has 1 atom stereocenters. The molecular formula is C25H33N3O4. The maximum Gasteiger partial charge on any atom is 0.410 e. The number of hydrogen-bond donors (Lipinski definition) is 0. The predicted octanol–water partition coefficient (Wildman–Crippen LogP) is 4.91. The minimum Gasteiger partial charge on any atom is -0.496 e. The maximum atomic E-state index is 13.3. The van der Waals surface area contributed by atoms with Gasteiger partial charge in [-0.25, -0.2) is 4.79 Å². The Morgan fingerprint density at radius 3 is 2.47 bits per heavy atom. The number of nitrogens with zero attached hydrogens (tertiary/aromatic N) is 3. The smallest absolute Gasteiger partial charge is 0.410 e. The van der Waals surface area contributed by atoms with Crippen LogP contribution >= 0.6 is 0 Å². The van der Waals surface area contributed by atoms with Crippen LogP contribution in [0.4, 0.5) is 4.79 Å². The number of ketones is 1. The van der Waals surface area contributed by atoms with E-state index in [0.29, 0.717) is 30.9 Å². The SMILES string of the molecule is COc1cc(C)ccc1-c1nnc(C(=O)C2CCCN(C(=O)OC(C)(C)C)C2)c(C)c1C. The van der Waals surface area contributed by atoms with Crippen LogP contribution in [0.1, 0.15) is 60.8 Å². The van der Waals surface area contributed by atoms with Gasteiger partial charge in [0.05, 0.1) is 12.8 Å². The van der Waals surface area contributed by atoms with Crippen LogP contribution in [0.2, 0.25) is 0 Å². The Hall–Kier alpha value is -2.96. The molecule has 3 rings (SSSR count). The summed E-state index contributed by atoms with van der Waals surface area (Å²) in [5, 5.41) is 8.74. The first kappa shape index (κ1) is 23.7. The molecule has 1 unspecified atom stereocenters. The van der Waals surface area contributed by atoms with Gasteiger partial charge in [0, 0.05) is 24.6 Å².